The monoisotopic (exact) mass is 647 g/mol. The lowest BCUT2D eigenvalue weighted by atomic mass is 9.95. The average Bonchev–Trinajstić information content (AvgIpc) is 3.58. The lowest BCUT2D eigenvalue weighted by Crippen LogP contribution is -2.38. The van der Waals surface area contributed by atoms with E-state index in [4.69, 9.17) is 14.2 Å². The molecule has 0 saturated heterocycles. The van der Waals surface area contributed by atoms with Crippen molar-refractivity contribution in [2.75, 3.05) is 51.8 Å². The van der Waals surface area contributed by atoms with Gasteiger partial charge in [-0.05, 0) is 58.8 Å². The third kappa shape index (κ3) is 8.73. The molecule has 2 aromatic heterocycles. The van der Waals surface area contributed by atoms with E-state index in [1.165, 1.54) is 42.7 Å². The van der Waals surface area contributed by atoms with Crippen LogP contribution in [0.25, 0.3) is 0 Å². The molecule has 0 aliphatic carbocycles. The number of aromatic nitrogens is 1. The molecular weight excluding hydrogens is 614 g/mol. The van der Waals surface area contributed by atoms with Crippen molar-refractivity contribution in [3.63, 3.8) is 0 Å². The first-order chi connectivity index (χ1) is 21.2. The number of ether oxygens (including phenoxy) is 3. The van der Waals surface area contributed by atoms with Crippen LogP contribution in [0.5, 0.6) is 5.75 Å². The lowest BCUT2D eigenvalue weighted by Gasteiger charge is -2.30. The van der Waals surface area contributed by atoms with Gasteiger partial charge in [0.15, 0.2) is 5.76 Å². The number of benzene rings is 1. The fourth-order valence-corrected chi connectivity index (χ4v) is 6.48. The van der Waals surface area contributed by atoms with Gasteiger partial charge >= 0.3 is 0 Å². The Kier molecular flexibility index (Phi) is 11.6. The van der Waals surface area contributed by atoms with Gasteiger partial charge in [-0.25, -0.2) is 13.4 Å². The number of methoxy groups -OCH3 is 1. The summed E-state index contributed by atoms with van der Waals surface area (Å²) in [5.41, 5.74) is 0.870. The molecule has 1 amide bonds. The van der Waals surface area contributed by atoms with Crippen LogP contribution < -0.4 is 15.4 Å². The topological polar surface area (TPSA) is 182 Å². The number of anilines is 1. The quantitative estimate of drug-likeness (QED) is 0.118. The third-order valence-corrected chi connectivity index (χ3v) is 9.23. The molecule has 236 valence electrons. The molecule has 0 saturated carbocycles. The number of allylic oxidation sites excluding steroid dienone is 1. The van der Waals surface area contributed by atoms with Gasteiger partial charge in [-0.2, -0.15) is 15.6 Å². The molecule has 3 heterocycles. The Morgan fingerprint density at radius 2 is 2.00 bits per heavy atom. The molecule has 14 nitrogen and oxygen atoms in total. The lowest BCUT2D eigenvalue weighted by molar-refractivity contribution is -0.385. The Labute approximate surface area is 258 Å². The largest absolute Gasteiger partial charge is 0.497 e. The number of amides is 1. The summed E-state index contributed by atoms with van der Waals surface area (Å²) >= 11 is 1.52. The minimum absolute atomic E-state index is 0.0442. The number of nitrogens with one attached hydrogen (secondary N) is 2. The number of carbonyl (C=O) groups is 1. The number of aliphatic hydroxyl groups is 1. The molecule has 2 unspecified atom stereocenters. The summed E-state index contributed by atoms with van der Waals surface area (Å²) in [5.74, 6) is 0.388. The van der Waals surface area contributed by atoms with Crippen LogP contribution >= 0.6 is 11.3 Å². The van der Waals surface area contributed by atoms with Crippen molar-refractivity contribution >= 4 is 38.8 Å². The third-order valence-electron chi connectivity index (χ3n) is 6.62. The van der Waals surface area contributed by atoms with E-state index in [2.05, 4.69) is 15.6 Å². The fraction of sp³-hybridized carbons (Fsp3) is 0.357. The highest BCUT2D eigenvalue weighted by Gasteiger charge is 2.30. The van der Waals surface area contributed by atoms with Crippen molar-refractivity contribution in [1.29, 1.82) is 0 Å². The predicted molar refractivity (Wildman–Crippen MR) is 162 cm³/mol. The van der Waals surface area contributed by atoms with E-state index in [1.54, 1.807) is 18.2 Å². The number of pyridine rings is 1. The van der Waals surface area contributed by atoms with Gasteiger partial charge in [0.2, 0.25) is 16.3 Å². The number of carbonyl (C=O) groups excluding carboxylic acids is 1. The highest BCUT2D eigenvalue weighted by atomic mass is 32.2. The Bertz CT molecular complexity index is 1520. The Morgan fingerprint density at radius 3 is 2.64 bits per heavy atom. The minimum Gasteiger partial charge on any atom is -0.497 e. The smallest absolute Gasteiger partial charge is 0.287 e. The Morgan fingerprint density at radius 1 is 1.20 bits per heavy atom. The maximum atomic E-state index is 13.2. The van der Waals surface area contributed by atoms with Gasteiger partial charge < -0.3 is 30.0 Å². The molecule has 16 heteroatoms. The van der Waals surface area contributed by atoms with E-state index in [1.807, 2.05) is 16.8 Å². The first-order valence-electron chi connectivity index (χ1n) is 13.6. The van der Waals surface area contributed by atoms with E-state index in [0.717, 1.165) is 16.1 Å². The van der Waals surface area contributed by atoms with Crippen molar-refractivity contribution in [1.82, 2.24) is 14.6 Å². The number of aliphatic hydroxyl groups excluding tert-OH is 1. The van der Waals surface area contributed by atoms with E-state index >= 15 is 0 Å². The van der Waals surface area contributed by atoms with E-state index < -0.39 is 27.1 Å². The fourth-order valence-electron chi connectivity index (χ4n) is 4.34. The Hall–Kier alpha value is -4.09. The number of sulfonamides is 1. The van der Waals surface area contributed by atoms with E-state index in [-0.39, 0.29) is 55.1 Å². The van der Waals surface area contributed by atoms with Crippen molar-refractivity contribution in [3.05, 3.63) is 86.9 Å². The summed E-state index contributed by atoms with van der Waals surface area (Å²) in [4.78, 5) is 27.3. The van der Waals surface area contributed by atoms with Crippen molar-refractivity contribution < 1.29 is 37.5 Å². The molecule has 1 aliphatic heterocycles. The molecule has 0 fully saturated rings. The molecule has 0 spiro atoms. The molecule has 44 heavy (non-hydrogen) atoms. The van der Waals surface area contributed by atoms with Gasteiger partial charge in [-0.1, -0.05) is 0 Å². The molecular formula is C28H33N5O9S2. The maximum Gasteiger partial charge on any atom is 0.287 e. The van der Waals surface area contributed by atoms with Gasteiger partial charge in [0.05, 0.1) is 30.1 Å². The molecule has 4 rings (SSSR count). The number of nitro groups is 1. The summed E-state index contributed by atoms with van der Waals surface area (Å²) in [6.07, 6.45) is 2.46. The van der Waals surface area contributed by atoms with Gasteiger partial charge in [0.25, 0.3) is 11.6 Å². The van der Waals surface area contributed by atoms with Crippen LogP contribution in [0, 0.1) is 10.1 Å². The zero-order valence-electron chi connectivity index (χ0n) is 23.8. The summed E-state index contributed by atoms with van der Waals surface area (Å²) in [6, 6.07) is 10.7. The van der Waals surface area contributed by atoms with Crippen LogP contribution in [0.2, 0.25) is 0 Å². The van der Waals surface area contributed by atoms with Gasteiger partial charge in [0.1, 0.15) is 17.8 Å². The molecule has 0 bridgehead atoms. The van der Waals surface area contributed by atoms with E-state index in [9.17, 15) is 28.4 Å². The molecule has 3 N–H and O–H groups in total. The summed E-state index contributed by atoms with van der Waals surface area (Å²) in [6.45, 7) is -0.0777. The average molecular weight is 648 g/mol. The van der Waals surface area contributed by atoms with Crippen LogP contribution in [0.3, 0.4) is 0 Å². The molecule has 1 aromatic carbocycles. The molecule has 2 atom stereocenters. The number of hydrogen-bond donors (Lipinski definition) is 3. The predicted octanol–water partition coefficient (Wildman–Crippen LogP) is 2.70. The first kappa shape index (κ1) is 32.8. The summed E-state index contributed by atoms with van der Waals surface area (Å²) in [7, 11) is -2.43. The van der Waals surface area contributed by atoms with Crippen LogP contribution in [0.4, 0.5) is 11.5 Å². The number of nitrogens with zero attached hydrogens (tertiary/aromatic N) is 3. The van der Waals surface area contributed by atoms with Crippen LogP contribution in [0.15, 0.2) is 76.2 Å². The second-order valence-corrected chi connectivity index (χ2v) is 12.2. The summed E-state index contributed by atoms with van der Waals surface area (Å²) < 4.78 is 44.4. The number of rotatable bonds is 16. The number of thiophene rings is 1. The van der Waals surface area contributed by atoms with Gasteiger partial charge in [0, 0.05) is 44.6 Å². The zero-order valence-corrected chi connectivity index (χ0v) is 25.5. The van der Waals surface area contributed by atoms with Crippen LogP contribution in [-0.4, -0.2) is 86.4 Å². The van der Waals surface area contributed by atoms with Crippen LogP contribution in [0.1, 0.15) is 17.9 Å². The van der Waals surface area contributed by atoms with Gasteiger partial charge in [-0.3, -0.25) is 14.9 Å². The van der Waals surface area contributed by atoms with Crippen molar-refractivity contribution in [2.24, 2.45) is 0 Å². The van der Waals surface area contributed by atoms with Crippen molar-refractivity contribution in [2.45, 2.75) is 23.5 Å². The van der Waals surface area contributed by atoms with Crippen molar-refractivity contribution in [3.8, 4) is 5.75 Å². The van der Waals surface area contributed by atoms with E-state index in [0.29, 0.717) is 24.5 Å². The molecule has 0 radical (unpaired) electrons. The zero-order chi connectivity index (χ0) is 31.5. The highest BCUT2D eigenvalue weighted by molar-refractivity contribution is 7.89. The normalized spacial score (nSPS) is 16.6. The van der Waals surface area contributed by atoms with Crippen LogP contribution in [-0.2, 0) is 24.3 Å². The highest BCUT2D eigenvalue weighted by Crippen LogP contribution is 2.32. The second-order valence-electron chi connectivity index (χ2n) is 9.49. The molecule has 3 aromatic rings. The minimum atomic E-state index is -3.92. The standard InChI is InChI=1S/C28H33N5O9S2/c1-40-23-3-5-24(6-4-23)44(38,39)32(11-13-34)12-14-41-27-17-21(20-8-15-43-19-20)16-25(42-27)28(35)30-10-9-29-26-7-2-22(18-31-26)33(36)37/h2-8,15-16,18-19,21,27,34H,9-14,17H2,1H3,(H,29,31)(H,30,35). The number of hydrogen-bond acceptors (Lipinski definition) is 12. The second kappa shape index (κ2) is 15.6. The summed E-state index contributed by atoms with van der Waals surface area (Å²) in [5, 5.41) is 30.0. The first-order valence-corrected chi connectivity index (χ1v) is 16.0. The SMILES string of the molecule is COc1ccc(S(=O)(=O)N(CCO)CCOC2CC(c3ccsc3)C=C(C(=O)NCCNc3ccc([N+](=O)[O-])cn3)O2)cc1. The molecule has 1 aliphatic rings. The maximum absolute atomic E-state index is 13.2. The van der Waals surface area contributed by atoms with Gasteiger partial charge in [-0.15, -0.1) is 0 Å². The Balaban J connectivity index is 1.34.